The number of hydrogen-bond donors (Lipinski definition) is 2. The molecule has 1 heterocycles. The molecule has 25 heavy (non-hydrogen) atoms. The van der Waals surface area contributed by atoms with E-state index in [2.05, 4.69) is 27.4 Å². The number of nitrogens with two attached hydrogens (primary N) is 1. The highest BCUT2D eigenvalue weighted by molar-refractivity contribution is 6.35. The standard InChI is InChI=1S/C16H15Cl2N7/c17-11-3-4-12(18)13(9-11)24-15-14(21)16(23-10-22-15)25(7-1-5-19)8-2-6-20/h3-4,9-10H,1-2,7-8,21H2,(H,22,23,24). The van der Waals surface area contributed by atoms with Crippen molar-refractivity contribution in [2.45, 2.75) is 12.8 Å². The van der Waals surface area contributed by atoms with Gasteiger partial charge in [0.2, 0.25) is 0 Å². The van der Waals surface area contributed by atoms with Crippen LogP contribution in [0.2, 0.25) is 10.0 Å². The molecule has 0 amide bonds. The van der Waals surface area contributed by atoms with Crippen LogP contribution in [0.1, 0.15) is 12.8 Å². The molecule has 0 bridgehead atoms. The van der Waals surface area contributed by atoms with Gasteiger partial charge in [0, 0.05) is 18.1 Å². The molecule has 1 aromatic heterocycles. The Morgan fingerprint density at radius 1 is 1.12 bits per heavy atom. The average Bonchev–Trinajstić information content (AvgIpc) is 2.60. The van der Waals surface area contributed by atoms with Gasteiger partial charge >= 0.3 is 0 Å². The number of anilines is 4. The van der Waals surface area contributed by atoms with Crippen LogP contribution in [-0.2, 0) is 0 Å². The van der Waals surface area contributed by atoms with E-state index in [9.17, 15) is 0 Å². The van der Waals surface area contributed by atoms with Crippen LogP contribution in [0.15, 0.2) is 24.5 Å². The summed E-state index contributed by atoms with van der Waals surface area (Å²) in [7, 11) is 0. The highest BCUT2D eigenvalue weighted by Gasteiger charge is 2.16. The topological polar surface area (TPSA) is 115 Å². The lowest BCUT2D eigenvalue weighted by Crippen LogP contribution is -2.27. The normalized spacial score (nSPS) is 9.92. The second-order valence-corrected chi connectivity index (χ2v) is 5.86. The summed E-state index contributed by atoms with van der Waals surface area (Å²) in [6.45, 7) is 0.827. The average molecular weight is 376 g/mol. The number of nitriles is 2. The SMILES string of the molecule is N#CCCN(CCC#N)c1ncnc(Nc2cc(Cl)ccc2Cl)c1N. The van der Waals surface area contributed by atoms with Crippen LogP contribution in [-0.4, -0.2) is 23.1 Å². The van der Waals surface area contributed by atoms with Gasteiger partial charge in [-0.1, -0.05) is 23.2 Å². The van der Waals surface area contributed by atoms with Gasteiger partial charge in [-0.25, -0.2) is 9.97 Å². The monoisotopic (exact) mass is 375 g/mol. The fourth-order valence-electron chi connectivity index (χ4n) is 2.15. The number of aromatic nitrogens is 2. The van der Waals surface area contributed by atoms with Crippen molar-refractivity contribution in [3.63, 3.8) is 0 Å². The largest absolute Gasteiger partial charge is 0.393 e. The Kier molecular flexibility index (Phi) is 6.64. The number of nitrogen functional groups attached to an aromatic ring is 1. The fourth-order valence-corrected chi connectivity index (χ4v) is 2.49. The van der Waals surface area contributed by atoms with Gasteiger partial charge in [-0.15, -0.1) is 0 Å². The zero-order valence-corrected chi connectivity index (χ0v) is 14.7. The molecule has 9 heteroatoms. The van der Waals surface area contributed by atoms with Crippen LogP contribution in [0.5, 0.6) is 0 Å². The molecule has 2 rings (SSSR count). The van der Waals surface area contributed by atoms with Crippen LogP contribution in [0, 0.1) is 22.7 Å². The zero-order valence-electron chi connectivity index (χ0n) is 13.2. The summed E-state index contributed by atoms with van der Waals surface area (Å²) in [6.07, 6.45) is 1.94. The molecule has 0 fully saturated rings. The second-order valence-electron chi connectivity index (χ2n) is 5.01. The van der Waals surface area contributed by atoms with Crippen molar-refractivity contribution in [2.75, 3.05) is 29.0 Å². The number of hydrogen-bond acceptors (Lipinski definition) is 7. The molecule has 128 valence electrons. The Bertz CT molecular complexity index is 808. The van der Waals surface area contributed by atoms with Crippen LogP contribution in [0.25, 0.3) is 0 Å². The van der Waals surface area contributed by atoms with E-state index in [1.807, 2.05) is 0 Å². The van der Waals surface area contributed by atoms with E-state index in [1.165, 1.54) is 6.33 Å². The lowest BCUT2D eigenvalue weighted by molar-refractivity contribution is 0.782. The minimum absolute atomic E-state index is 0.289. The highest BCUT2D eigenvalue weighted by atomic mass is 35.5. The van der Waals surface area contributed by atoms with Crippen molar-refractivity contribution in [3.05, 3.63) is 34.6 Å². The third-order valence-electron chi connectivity index (χ3n) is 3.33. The maximum atomic E-state index is 8.82. The molecule has 0 unspecified atom stereocenters. The van der Waals surface area contributed by atoms with Crippen molar-refractivity contribution in [1.29, 1.82) is 10.5 Å². The molecule has 2 aromatic rings. The Hall–Kier alpha value is -2.74. The summed E-state index contributed by atoms with van der Waals surface area (Å²) >= 11 is 12.1. The second kappa shape index (κ2) is 8.93. The van der Waals surface area contributed by atoms with Gasteiger partial charge in [-0.2, -0.15) is 10.5 Å². The summed E-state index contributed by atoms with van der Waals surface area (Å²) in [5.74, 6) is 0.828. The van der Waals surface area contributed by atoms with Gasteiger partial charge in [-0.3, -0.25) is 0 Å². The van der Waals surface area contributed by atoms with Crippen molar-refractivity contribution in [1.82, 2.24) is 9.97 Å². The van der Waals surface area contributed by atoms with Gasteiger partial charge in [0.1, 0.15) is 12.0 Å². The molecule has 0 aliphatic carbocycles. The number of nitrogens with zero attached hydrogens (tertiary/aromatic N) is 5. The smallest absolute Gasteiger partial charge is 0.159 e. The first-order valence-electron chi connectivity index (χ1n) is 7.38. The van der Waals surface area contributed by atoms with E-state index < -0.39 is 0 Å². The molecule has 0 saturated heterocycles. The first kappa shape index (κ1) is 18.6. The lowest BCUT2D eigenvalue weighted by atomic mass is 10.3. The van der Waals surface area contributed by atoms with Gasteiger partial charge in [0.05, 0.1) is 35.7 Å². The third-order valence-corrected chi connectivity index (χ3v) is 3.90. The van der Waals surface area contributed by atoms with Gasteiger partial charge < -0.3 is 16.0 Å². The summed E-state index contributed by atoms with van der Waals surface area (Å²) in [4.78, 5) is 10.1. The van der Waals surface area contributed by atoms with Gasteiger partial charge in [-0.05, 0) is 18.2 Å². The first-order chi connectivity index (χ1) is 12.1. The summed E-state index contributed by atoms with van der Waals surface area (Å²) in [5, 5.41) is 21.7. The molecule has 0 atom stereocenters. The van der Waals surface area contributed by atoms with Crippen LogP contribution >= 0.6 is 23.2 Å². The number of nitrogens with one attached hydrogen (secondary N) is 1. The van der Waals surface area contributed by atoms with Crippen molar-refractivity contribution in [2.24, 2.45) is 0 Å². The molecule has 0 aliphatic rings. The molecule has 7 nitrogen and oxygen atoms in total. The first-order valence-corrected chi connectivity index (χ1v) is 8.13. The highest BCUT2D eigenvalue weighted by Crippen LogP contribution is 2.32. The molecule has 1 aromatic carbocycles. The van der Waals surface area contributed by atoms with Crippen LogP contribution < -0.4 is 16.0 Å². The Balaban J connectivity index is 2.32. The maximum Gasteiger partial charge on any atom is 0.159 e. The van der Waals surface area contributed by atoms with Gasteiger partial charge in [0.25, 0.3) is 0 Å². The Morgan fingerprint density at radius 3 is 2.44 bits per heavy atom. The quantitative estimate of drug-likeness (QED) is 0.756. The minimum atomic E-state index is 0.289. The van der Waals surface area contributed by atoms with Crippen molar-refractivity contribution < 1.29 is 0 Å². The molecule has 0 aliphatic heterocycles. The van der Waals surface area contributed by atoms with Crippen LogP contribution in [0.3, 0.4) is 0 Å². The van der Waals surface area contributed by atoms with Crippen LogP contribution in [0.4, 0.5) is 23.0 Å². The summed E-state index contributed by atoms with van der Waals surface area (Å²) in [6, 6.07) is 9.15. The van der Waals surface area contributed by atoms with E-state index in [0.717, 1.165) is 0 Å². The number of benzene rings is 1. The summed E-state index contributed by atoms with van der Waals surface area (Å²) in [5.41, 5.74) is 7.05. The predicted molar refractivity (Wildman–Crippen MR) is 98.9 cm³/mol. The van der Waals surface area contributed by atoms with Gasteiger partial charge in [0.15, 0.2) is 11.6 Å². The van der Waals surface area contributed by atoms with E-state index in [0.29, 0.717) is 46.1 Å². The van der Waals surface area contributed by atoms with E-state index in [-0.39, 0.29) is 12.8 Å². The minimum Gasteiger partial charge on any atom is -0.393 e. The van der Waals surface area contributed by atoms with E-state index in [4.69, 9.17) is 39.5 Å². The van der Waals surface area contributed by atoms with Crippen molar-refractivity contribution >= 4 is 46.2 Å². The molecular formula is C16H15Cl2N7. The summed E-state index contributed by atoms with van der Waals surface area (Å²) < 4.78 is 0. The molecular weight excluding hydrogens is 361 g/mol. The molecule has 0 saturated carbocycles. The van der Waals surface area contributed by atoms with E-state index >= 15 is 0 Å². The molecule has 0 spiro atoms. The van der Waals surface area contributed by atoms with E-state index in [1.54, 1.807) is 23.1 Å². The maximum absolute atomic E-state index is 8.82. The molecule has 3 N–H and O–H groups in total. The fraction of sp³-hybridized carbons (Fsp3) is 0.250. The zero-order chi connectivity index (χ0) is 18.2. The third kappa shape index (κ3) is 4.87. The Labute approximate surface area is 155 Å². The lowest BCUT2D eigenvalue weighted by Gasteiger charge is -2.23. The number of rotatable bonds is 7. The molecule has 0 radical (unpaired) electrons. The number of halogens is 2. The Morgan fingerprint density at radius 2 is 1.80 bits per heavy atom. The predicted octanol–water partition coefficient (Wildman–Crippen LogP) is 3.74. The van der Waals surface area contributed by atoms with Crippen molar-refractivity contribution in [3.8, 4) is 12.1 Å².